The van der Waals surface area contributed by atoms with E-state index in [0.717, 1.165) is 0 Å². The van der Waals surface area contributed by atoms with E-state index in [1.807, 2.05) is 0 Å². The number of hydrogen-bond acceptors (Lipinski definition) is 5. The number of aromatic nitrogens is 2. The predicted octanol–water partition coefficient (Wildman–Crippen LogP) is -0.484. The average Bonchev–Trinajstić information content (AvgIpc) is 2.66. The van der Waals surface area contributed by atoms with Gasteiger partial charge in [0.05, 0.1) is 34.0 Å². The van der Waals surface area contributed by atoms with Crippen molar-refractivity contribution in [3.05, 3.63) is 71.8 Å². The van der Waals surface area contributed by atoms with Crippen LogP contribution in [0.4, 0.5) is 0 Å². The monoisotopic (exact) mass is 366 g/mol. The number of carboxylic acid groups (broad SMARTS) is 2. The molecule has 0 aliphatic heterocycles. The van der Waals surface area contributed by atoms with Crippen molar-refractivity contribution in [2.45, 2.75) is 0 Å². The Morgan fingerprint density at radius 2 is 1.22 bits per heavy atom. The van der Waals surface area contributed by atoms with Crippen molar-refractivity contribution in [2.75, 3.05) is 0 Å². The Labute approximate surface area is 175 Å². The maximum absolute atomic E-state index is 11.6. The fraction of sp³-hybridized carbons (Fsp3) is 0. The molecule has 0 aliphatic rings. The molecule has 0 bridgehead atoms. The number of aromatic carboxylic acids is 2. The van der Waals surface area contributed by atoms with Gasteiger partial charge in [-0.2, -0.15) is 0 Å². The molecule has 2 aromatic carbocycles. The Morgan fingerprint density at radius 1 is 0.778 bits per heavy atom. The largest absolute Gasteiger partial charge is 1.00 e. The van der Waals surface area contributed by atoms with Crippen molar-refractivity contribution in [1.29, 1.82) is 0 Å². The zero-order valence-electron chi connectivity index (χ0n) is 14.3. The number of nitrogens with zero attached hydrogens (tertiary/aromatic N) is 2. The normalized spacial score (nSPS) is 10.5. The van der Waals surface area contributed by atoms with Crippen LogP contribution in [0.15, 0.2) is 60.7 Å². The molecule has 1 N–H and O–H groups in total. The summed E-state index contributed by atoms with van der Waals surface area (Å²) in [7, 11) is 0. The van der Waals surface area contributed by atoms with E-state index in [2.05, 4.69) is 9.97 Å². The summed E-state index contributed by atoms with van der Waals surface area (Å²) >= 11 is 0. The molecule has 2 heterocycles. The van der Waals surface area contributed by atoms with E-state index in [0.29, 0.717) is 21.8 Å². The molecule has 0 saturated heterocycles. The summed E-state index contributed by atoms with van der Waals surface area (Å²) in [6.07, 6.45) is 0. The van der Waals surface area contributed by atoms with Crippen molar-refractivity contribution < 1.29 is 49.4 Å². The van der Waals surface area contributed by atoms with Gasteiger partial charge in [0.2, 0.25) is 0 Å². The van der Waals surface area contributed by atoms with Crippen LogP contribution in [0.2, 0.25) is 0 Å². The standard InChI is InChI=1S/C20H12N2O4.Na/c23-19(24)13-9-17(21-15-7-3-1-5-11(13)15)18-10-14(20(25)26)12-6-2-4-8-16(12)22-18;/h1-10H,(H,23,24)(H,25,26);/q;+1/p-1. The maximum Gasteiger partial charge on any atom is 1.00 e. The second kappa shape index (κ2) is 7.44. The van der Waals surface area contributed by atoms with Crippen molar-refractivity contribution in [3.8, 4) is 11.4 Å². The first-order valence-corrected chi connectivity index (χ1v) is 7.79. The number of benzene rings is 2. The van der Waals surface area contributed by atoms with Gasteiger partial charge in [-0.3, -0.25) is 0 Å². The molecule has 0 unspecified atom stereocenters. The van der Waals surface area contributed by atoms with Crippen molar-refractivity contribution in [2.24, 2.45) is 0 Å². The van der Waals surface area contributed by atoms with E-state index < -0.39 is 11.9 Å². The quantitative estimate of drug-likeness (QED) is 0.491. The molecule has 27 heavy (non-hydrogen) atoms. The first kappa shape index (κ1) is 19.0. The molecule has 6 nitrogen and oxygen atoms in total. The summed E-state index contributed by atoms with van der Waals surface area (Å²) in [5, 5.41) is 22.0. The molecule has 0 saturated carbocycles. The first-order chi connectivity index (χ1) is 12.5. The Kier molecular flexibility index (Phi) is 5.23. The minimum absolute atomic E-state index is 0. The topological polar surface area (TPSA) is 103 Å². The third-order valence-electron chi connectivity index (χ3n) is 4.15. The summed E-state index contributed by atoms with van der Waals surface area (Å²) in [6.45, 7) is 0. The van der Waals surface area contributed by atoms with Crippen LogP contribution in [-0.2, 0) is 0 Å². The summed E-state index contributed by atoms with van der Waals surface area (Å²) in [5.74, 6) is -2.42. The molecule has 0 radical (unpaired) electrons. The van der Waals surface area contributed by atoms with Crippen LogP contribution in [0.1, 0.15) is 20.7 Å². The molecule has 4 rings (SSSR count). The maximum atomic E-state index is 11.6. The Balaban J connectivity index is 0.00000210. The van der Waals surface area contributed by atoms with Crippen LogP contribution in [0, 0.1) is 0 Å². The van der Waals surface area contributed by atoms with E-state index in [4.69, 9.17) is 0 Å². The molecule has 0 amide bonds. The number of carboxylic acids is 2. The minimum Gasteiger partial charge on any atom is -0.545 e. The summed E-state index contributed by atoms with van der Waals surface area (Å²) in [5.41, 5.74) is 1.59. The SMILES string of the molecule is O=C([O-])c1cc(-c2cc(C(=O)O)c3ccccc3n2)nc2ccccc12.[Na+]. The van der Waals surface area contributed by atoms with Gasteiger partial charge in [-0.15, -0.1) is 0 Å². The minimum atomic E-state index is -1.33. The number of carbonyl (C=O) groups is 2. The van der Waals surface area contributed by atoms with Gasteiger partial charge in [-0.05, 0) is 24.3 Å². The van der Waals surface area contributed by atoms with Crippen LogP contribution in [0.5, 0.6) is 0 Å². The van der Waals surface area contributed by atoms with Gasteiger partial charge >= 0.3 is 35.5 Å². The van der Waals surface area contributed by atoms with Gasteiger partial charge in [0.15, 0.2) is 0 Å². The van der Waals surface area contributed by atoms with Crippen LogP contribution in [-0.4, -0.2) is 27.0 Å². The number of para-hydroxylation sites is 2. The van der Waals surface area contributed by atoms with Gasteiger partial charge in [0.1, 0.15) is 0 Å². The smallest absolute Gasteiger partial charge is 0.545 e. The van der Waals surface area contributed by atoms with Crippen molar-refractivity contribution >= 4 is 33.7 Å². The summed E-state index contributed by atoms with van der Waals surface area (Å²) in [6, 6.07) is 16.4. The second-order valence-electron chi connectivity index (χ2n) is 5.74. The number of carbonyl (C=O) groups excluding carboxylic acids is 1. The summed E-state index contributed by atoms with van der Waals surface area (Å²) in [4.78, 5) is 32.1. The van der Waals surface area contributed by atoms with E-state index in [-0.39, 0.29) is 52.1 Å². The number of rotatable bonds is 3. The molecular formula is C20H11N2NaO4. The predicted molar refractivity (Wildman–Crippen MR) is 93.8 cm³/mol. The molecule has 0 aliphatic carbocycles. The fourth-order valence-corrected chi connectivity index (χ4v) is 2.96. The first-order valence-electron chi connectivity index (χ1n) is 7.79. The molecule has 2 aromatic heterocycles. The third kappa shape index (κ3) is 3.42. The van der Waals surface area contributed by atoms with E-state index in [1.165, 1.54) is 12.1 Å². The Hall–Kier alpha value is -2.80. The number of pyridine rings is 2. The average molecular weight is 366 g/mol. The van der Waals surface area contributed by atoms with E-state index in [1.54, 1.807) is 48.5 Å². The van der Waals surface area contributed by atoms with Crippen molar-refractivity contribution in [1.82, 2.24) is 9.97 Å². The van der Waals surface area contributed by atoms with Crippen LogP contribution >= 0.6 is 0 Å². The fourth-order valence-electron chi connectivity index (χ4n) is 2.96. The van der Waals surface area contributed by atoms with Crippen molar-refractivity contribution in [3.63, 3.8) is 0 Å². The number of fused-ring (bicyclic) bond motifs is 2. The van der Waals surface area contributed by atoms with Gasteiger partial charge in [0, 0.05) is 16.3 Å². The van der Waals surface area contributed by atoms with Gasteiger partial charge in [-0.25, -0.2) is 14.8 Å². The Morgan fingerprint density at radius 3 is 1.70 bits per heavy atom. The van der Waals surface area contributed by atoms with Crippen LogP contribution in [0.3, 0.4) is 0 Å². The van der Waals surface area contributed by atoms with E-state index >= 15 is 0 Å². The van der Waals surface area contributed by atoms with Crippen LogP contribution in [0.25, 0.3) is 33.2 Å². The van der Waals surface area contributed by atoms with Gasteiger partial charge in [-0.1, -0.05) is 36.4 Å². The zero-order chi connectivity index (χ0) is 18.3. The Bertz CT molecular complexity index is 1110. The molecule has 7 heteroatoms. The van der Waals surface area contributed by atoms with Crippen LogP contribution < -0.4 is 34.7 Å². The summed E-state index contributed by atoms with van der Waals surface area (Å²) < 4.78 is 0. The third-order valence-corrected chi connectivity index (χ3v) is 4.15. The molecule has 126 valence electrons. The van der Waals surface area contributed by atoms with Gasteiger partial charge in [0.25, 0.3) is 0 Å². The van der Waals surface area contributed by atoms with E-state index in [9.17, 15) is 19.8 Å². The molecule has 0 atom stereocenters. The second-order valence-corrected chi connectivity index (χ2v) is 5.74. The molecule has 0 spiro atoms. The zero-order valence-corrected chi connectivity index (χ0v) is 16.3. The van der Waals surface area contributed by atoms with Gasteiger partial charge < -0.3 is 15.0 Å². The number of hydrogen-bond donors (Lipinski definition) is 1. The molecular weight excluding hydrogens is 355 g/mol. The molecule has 0 fully saturated rings. The molecule has 4 aromatic rings.